The largest absolute Gasteiger partial charge is 0.399 e. The number of aromatic nitrogens is 2. The van der Waals surface area contributed by atoms with Crippen LogP contribution in [-0.2, 0) is 23.2 Å². The number of carbonyl (C=O) groups is 2. The van der Waals surface area contributed by atoms with Gasteiger partial charge >= 0.3 is 5.69 Å². The van der Waals surface area contributed by atoms with Gasteiger partial charge in [-0.15, -0.1) is 0 Å². The third kappa shape index (κ3) is 3.95. The summed E-state index contributed by atoms with van der Waals surface area (Å²) in [6.07, 6.45) is 2.60. The second kappa shape index (κ2) is 8.51. The summed E-state index contributed by atoms with van der Waals surface area (Å²) in [5.41, 5.74) is 10.4. The van der Waals surface area contributed by atoms with Crippen LogP contribution in [0.2, 0.25) is 0 Å². The van der Waals surface area contributed by atoms with Crippen molar-refractivity contribution in [3.8, 4) is 0 Å². The minimum Gasteiger partial charge on any atom is -0.399 e. The van der Waals surface area contributed by atoms with Gasteiger partial charge in [0.2, 0.25) is 11.8 Å². The molecule has 0 spiro atoms. The predicted molar refractivity (Wildman–Crippen MR) is 127 cm³/mol. The molecule has 1 aromatic heterocycles. The number of likely N-dealkylation sites (tertiary alicyclic amines) is 1. The lowest BCUT2D eigenvalue weighted by Gasteiger charge is -2.32. The zero-order chi connectivity index (χ0) is 23.1. The maximum absolute atomic E-state index is 13.2. The van der Waals surface area contributed by atoms with Crippen molar-refractivity contribution in [3.05, 3.63) is 64.1 Å². The van der Waals surface area contributed by atoms with Crippen LogP contribution in [0.4, 0.5) is 5.69 Å². The Hall–Kier alpha value is -3.39. The van der Waals surface area contributed by atoms with Crippen molar-refractivity contribution >= 4 is 28.5 Å². The van der Waals surface area contributed by atoms with Gasteiger partial charge < -0.3 is 5.73 Å². The number of amides is 2. The Morgan fingerprint density at radius 1 is 1.00 bits per heavy atom. The lowest BCUT2D eigenvalue weighted by atomic mass is 9.88. The van der Waals surface area contributed by atoms with Crippen LogP contribution < -0.4 is 16.7 Å². The molecule has 2 saturated heterocycles. The fourth-order valence-corrected chi connectivity index (χ4v) is 5.31. The van der Waals surface area contributed by atoms with E-state index in [1.165, 1.54) is 5.56 Å². The molecule has 5 rings (SSSR count). The minimum absolute atomic E-state index is 0.215. The van der Waals surface area contributed by atoms with Gasteiger partial charge in [-0.1, -0.05) is 24.3 Å². The maximum atomic E-state index is 13.2. The summed E-state index contributed by atoms with van der Waals surface area (Å²) >= 11 is 0. The number of nitrogens with one attached hydrogen (secondary N) is 1. The van der Waals surface area contributed by atoms with Crippen LogP contribution >= 0.6 is 0 Å². The zero-order valence-corrected chi connectivity index (χ0v) is 18.8. The summed E-state index contributed by atoms with van der Waals surface area (Å²) in [5, 5.41) is 2.38. The van der Waals surface area contributed by atoms with Crippen LogP contribution in [0.3, 0.4) is 0 Å². The standard InChI is InChI=1S/C25H29N5O3/c1-28-23-19(17-11-13-29(14-12-17)15-16-5-7-18(26)8-6-16)3-2-4-20(23)30(25(28)33)21-9-10-22(31)27-24(21)32/h2-8,17,21H,9-15,26H2,1H3,(H,27,31,32). The molecule has 3 N–H and O–H groups in total. The number of nitrogens with zero attached hydrogens (tertiary/aromatic N) is 3. The Kier molecular flexibility index (Phi) is 5.54. The summed E-state index contributed by atoms with van der Waals surface area (Å²) < 4.78 is 3.23. The van der Waals surface area contributed by atoms with E-state index in [0.29, 0.717) is 12.3 Å². The van der Waals surface area contributed by atoms with Crippen molar-refractivity contribution in [2.45, 2.75) is 44.2 Å². The van der Waals surface area contributed by atoms with E-state index in [2.05, 4.69) is 28.4 Å². The molecular formula is C25H29N5O3. The van der Waals surface area contributed by atoms with E-state index in [1.54, 1.807) is 16.2 Å². The molecule has 2 aliphatic heterocycles. The van der Waals surface area contributed by atoms with Crippen molar-refractivity contribution in [2.75, 3.05) is 18.8 Å². The summed E-state index contributed by atoms with van der Waals surface area (Å²) in [7, 11) is 1.77. The van der Waals surface area contributed by atoms with E-state index in [4.69, 9.17) is 5.73 Å². The quantitative estimate of drug-likeness (QED) is 0.472. The highest BCUT2D eigenvalue weighted by molar-refractivity contribution is 6.00. The van der Waals surface area contributed by atoms with Gasteiger partial charge in [-0.05, 0) is 67.6 Å². The van der Waals surface area contributed by atoms with Gasteiger partial charge in [0, 0.05) is 25.7 Å². The third-order valence-electron chi connectivity index (χ3n) is 7.07. The first-order chi connectivity index (χ1) is 15.9. The maximum Gasteiger partial charge on any atom is 0.329 e. The average molecular weight is 448 g/mol. The second-order valence-electron chi connectivity index (χ2n) is 9.19. The number of imide groups is 1. The molecule has 33 heavy (non-hydrogen) atoms. The van der Waals surface area contributed by atoms with E-state index in [0.717, 1.165) is 54.8 Å². The van der Waals surface area contributed by atoms with Gasteiger partial charge in [0.15, 0.2) is 0 Å². The monoisotopic (exact) mass is 447 g/mol. The number of nitrogen functional groups attached to an aromatic ring is 1. The SMILES string of the molecule is Cn1c(=O)n(C2CCC(=O)NC2=O)c2cccc(C3CCN(Cc4ccc(N)cc4)CC3)c21. The average Bonchev–Trinajstić information content (AvgIpc) is 3.06. The Bertz CT molecular complexity index is 1270. The highest BCUT2D eigenvalue weighted by atomic mass is 16.2. The van der Waals surface area contributed by atoms with Crippen LogP contribution in [-0.4, -0.2) is 38.9 Å². The summed E-state index contributed by atoms with van der Waals surface area (Å²) in [4.78, 5) is 39.7. The van der Waals surface area contributed by atoms with Crippen molar-refractivity contribution in [3.63, 3.8) is 0 Å². The van der Waals surface area contributed by atoms with E-state index in [1.807, 2.05) is 24.3 Å². The lowest BCUT2D eigenvalue weighted by Crippen LogP contribution is -2.44. The lowest BCUT2D eigenvalue weighted by molar-refractivity contribution is -0.135. The van der Waals surface area contributed by atoms with Gasteiger partial charge in [-0.25, -0.2) is 4.79 Å². The molecule has 0 aliphatic carbocycles. The van der Waals surface area contributed by atoms with Crippen molar-refractivity contribution < 1.29 is 9.59 Å². The van der Waals surface area contributed by atoms with Crippen molar-refractivity contribution in [1.29, 1.82) is 0 Å². The van der Waals surface area contributed by atoms with Crippen LogP contribution in [0.1, 0.15) is 48.8 Å². The van der Waals surface area contributed by atoms with Gasteiger partial charge in [0.1, 0.15) is 6.04 Å². The van der Waals surface area contributed by atoms with Crippen LogP contribution in [0, 0.1) is 0 Å². The van der Waals surface area contributed by atoms with Crippen molar-refractivity contribution in [2.24, 2.45) is 7.05 Å². The zero-order valence-electron chi connectivity index (χ0n) is 18.8. The van der Waals surface area contributed by atoms with E-state index in [-0.39, 0.29) is 18.0 Å². The van der Waals surface area contributed by atoms with Crippen LogP contribution in [0.15, 0.2) is 47.3 Å². The molecule has 2 fully saturated rings. The Morgan fingerprint density at radius 2 is 1.73 bits per heavy atom. The number of nitrogens with two attached hydrogens (primary N) is 1. The molecule has 0 bridgehead atoms. The van der Waals surface area contributed by atoms with E-state index >= 15 is 0 Å². The van der Waals surface area contributed by atoms with Crippen LogP contribution in [0.25, 0.3) is 11.0 Å². The normalized spacial score (nSPS) is 20.3. The molecule has 1 unspecified atom stereocenters. The number of fused-ring (bicyclic) bond motifs is 1. The first-order valence-corrected chi connectivity index (χ1v) is 11.5. The summed E-state index contributed by atoms with van der Waals surface area (Å²) in [6, 6.07) is 13.4. The highest BCUT2D eigenvalue weighted by Crippen LogP contribution is 2.34. The number of rotatable bonds is 4. The number of aryl methyl sites for hydroxylation is 1. The molecule has 0 saturated carbocycles. The number of hydrogen-bond donors (Lipinski definition) is 2. The van der Waals surface area contributed by atoms with Crippen LogP contribution in [0.5, 0.6) is 0 Å². The number of piperidine rings is 2. The number of benzene rings is 2. The number of imidazole rings is 1. The summed E-state index contributed by atoms with van der Waals surface area (Å²) in [5.74, 6) is -0.335. The fourth-order valence-electron chi connectivity index (χ4n) is 5.31. The number of hydrogen-bond acceptors (Lipinski definition) is 5. The molecule has 3 aromatic rings. The predicted octanol–water partition coefficient (Wildman–Crippen LogP) is 2.28. The van der Waals surface area contributed by atoms with E-state index < -0.39 is 11.9 Å². The topological polar surface area (TPSA) is 102 Å². The molecular weight excluding hydrogens is 418 g/mol. The van der Waals surface area contributed by atoms with Gasteiger partial charge in [0.05, 0.1) is 11.0 Å². The molecule has 2 aliphatic rings. The van der Waals surface area contributed by atoms with Crippen molar-refractivity contribution in [1.82, 2.24) is 19.4 Å². The smallest absolute Gasteiger partial charge is 0.329 e. The van der Waals surface area contributed by atoms with E-state index in [9.17, 15) is 14.4 Å². The molecule has 8 nitrogen and oxygen atoms in total. The Morgan fingerprint density at radius 3 is 2.42 bits per heavy atom. The third-order valence-corrected chi connectivity index (χ3v) is 7.07. The Balaban J connectivity index is 1.39. The van der Waals surface area contributed by atoms with Gasteiger partial charge in [-0.2, -0.15) is 0 Å². The second-order valence-corrected chi connectivity index (χ2v) is 9.19. The minimum atomic E-state index is -0.657. The first kappa shape index (κ1) is 21.5. The molecule has 2 aromatic carbocycles. The highest BCUT2D eigenvalue weighted by Gasteiger charge is 2.32. The summed E-state index contributed by atoms with van der Waals surface area (Å²) in [6.45, 7) is 2.86. The number of para-hydroxylation sites is 1. The molecule has 1 atom stereocenters. The molecule has 172 valence electrons. The number of anilines is 1. The number of carbonyl (C=O) groups excluding carboxylic acids is 2. The molecule has 2 amide bonds. The first-order valence-electron chi connectivity index (χ1n) is 11.5. The molecule has 8 heteroatoms. The van der Waals surface area contributed by atoms with Gasteiger partial charge in [-0.3, -0.25) is 28.9 Å². The molecule has 0 radical (unpaired) electrons. The van der Waals surface area contributed by atoms with Gasteiger partial charge in [0.25, 0.3) is 0 Å². The Labute approximate surface area is 192 Å². The fraction of sp³-hybridized carbons (Fsp3) is 0.400. The molecule has 3 heterocycles.